The number of hydrogen-bond donors (Lipinski definition) is 0. The fourth-order valence-electron chi connectivity index (χ4n) is 12.5. The minimum absolute atomic E-state index is 0.982. The van der Waals surface area contributed by atoms with Crippen LogP contribution in [0.1, 0.15) is 228 Å². The Hall–Kier alpha value is -3.92. The number of aryl methyl sites for hydroxylation is 6. The van der Waals surface area contributed by atoms with Crippen LogP contribution in [0.15, 0.2) is 109 Å². The molecule has 11 aromatic heterocycles. The summed E-state index contributed by atoms with van der Waals surface area (Å²) in [6.07, 6.45) is 41.7. The van der Waals surface area contributed by atoms with Gasteiger partial charge in [0.15, 0.2) is 0 Å². The maximum Gasteiger partial charge on any atom is 0.0985 e. The third-order valence-electron chi connectivity index (χ3n) is 17.8. The molecule has 486 valence electrons. The number of aromatic nitrogens is 2. The van der Waals surface area contributed by atoms with Gasteiger partial charge in [-0.3, -0.25) is 9.97 Å². The van der Waals surface area contributed by atoms with E-state index in [1.165, 1.54) is 287 Å². The lowest BCUT2D eigenvalue weighted by Gasteiger charge is -2.02. The van der Waals surface area contributed by atoms with Crippen LogP contribution in [-0.2, 0) is 38.5 Å². The van der Waals surface area contributed by atoms with Gasteiger partial charge in [-0.25, -0.2) is 0 Å². The lowest BCUT2D eigenvalue weighted by atomic mass is 10.0. The highest BCUT2D eigenvalue weighted by Crippen LogP contribution is 2.52. The molecule has 0 aliphatic rings. The zero-order valence-electron chi connectivity index (χ0n) is 55.6. The molecular weight excluding hydrogens is 1310 g/mol. The van der Waals surface area contributed by atoms with Gasteiger partial charge in [-0.15, -0.1) is 113 Å². The first-order chi connectivity index (χ1) is 45.3. The summed E-state index contributed by atoms with van der Waals surface area (Å²) >= 11 is 19.8. The Morgan fingerprint density at radius 1 is 0.217 bits per heavy atom. The Morgan fingerprint density at radius 2 is 0.457 bits per heavy atom. The number of rotatable bonds is 40. The van der Waals surface area contributed by atoms with Crippen LogP contribution in [0.4, 0.5) is 0 Å². The fourth-order valence-corrected chi connectivity index (χ4v) is 24.3. The molecule has 0 saturated heterocycles. The van der Waals surface area contributed by atoms with Crippen LogP contribution in [0.3, 0.4) is 0 Å². The Kier molecular flexibility index (Phi) is 27.1. The van der Waals surface area contributed by atoms with Crippen LogP contribution >= 0.6 is 113 Å². The van der Waals surface area contributed by atoms with E-state index in [1.54, 1.807) is 0 Å². The molecule has 0 aliphatic carbocycles. The summed E-state index contributed by atoms with van der Waals surface area (Å²) in [6, 6.07) is 38.6. The molecule has 0 aliphatic heterocycles. The van der Waals surface area contributed by atoms with Crippen molar-refractivity contribution in [2.24, 2.45) is 0 Å². The highest BCUT2D eigenvalue weighted by Gasteiger charge is 2.24. The lowest BCUT2D eigenvalue weighted by molar-refractivity contribution is 0.667. The van der Waals surface area contributed by atoms with Crippen molar-refractivity contribution in [3.63, 3.8) is 0 Å². The summed E-state index contributed by atoms with van der Waals surface area (Å²) in [5.41, 5.74) is 7.94. The Balaban J connectivity index is 0.857. The minimum atomic E-state index is 0.982. The van der Waals surface area contributed by atoms with Crippen molar-refractivity contribution in [1.29, 1.82) is 0 Å². The normalized spacial score (nSPS) is 11.8. The standard InChI is InChI=1S/C80H96N2S10/c1-7-13-19-25-31-55-49-73(89-79(55)75-51-57(33-27-21-15-9-3)77(91-75)71-47-45-69(87-71)67-43-41-65(85-67)63-39-37-59(83-63)35-29-23-17-11-5)61-53-82-62(54-81-61)74-50-56(32-26-20-14-8-2)80(90-74)76-52-58(34-28-22-16-10-4)78(92-76)72-48-46-70(88-72)68-44-42-66(86-68)64-40-38-60(84-64)36-30-24-18-12-6/h37-54H,7-36H2,1-6H3. The predicted molar refractivity (Wildman–Crippen MR) is 422 cm³/mol. The Bertz CT molecular complexity index is 3700. The predicted octanol–water partition coefficient (Wildman–Crippen LogP) is 30.5. The SMILES string of the molecule is CCCCCCc1ccc(-c2ccc(-c3ccc(-c4sc(-c5sc(-c6cnc(-c7cc(CCCCCC)c(-c8cc(CCCCCC)c(-c9ccc(-c%10ccc(-c%11ccc(CCCCCC)s%11)s%10)s9)s8)s7)cn6)cc5CCCCCC)cc4CCCCCC)s3)s2)s1. The van der Waals surface area contributed by atoms with Crippen molar-refractivity contribution in [2.75, 3.05) is 0 Å². The first kappa shape index (κ1) is 69.4. The van der Waals surface area contributed by atoms with E-state index in [-0.39, 0.29) is 0 Å². The summed E-state index contributed by atoms with van der Waals surface area (Å²) in [7, 11) is 0. The van der Waals surface area contributed by atoms with Gasteiger partial charge >= 0.3 is 0 Å². The number of unbranched alkanes of at least 4 members (excludes halogenated alkanes) is 18. The van der Waals surface area contributed by atoms with Crippen molar-refractivity contribution in [3.05, 3.63) is 141 Å². The molecule has 12 heteroatoms. The van der Waals surface area contributed by atoms with Crippen LogP contribution < -0.4 is 0 Å². The van der Waals surface area contributed by atoms with Crippen LogP contribution in [0.25, 0.3) is 99.2 Å². The molecule has 0 atom stereocenters. The van der Waals surface area contributed by atoms with Gasteiger partial charge in [-0.1, -0.05) is 157 Å². The number of thiophene rings is 10. The molecule has 0 N–H and O–H groups in total. The molecule has 92 heavy (non-hydrogen) atoms. The maximum atomic E-state index is 5.32. The van der Waals surface area contributed by atoms with Crippen molar-refractivity contribution in [3.8, 4) is 99.2 Å². The average Bonchev–Trinajstić information content (AvgIpc) is 1.66. The summed E-state index contributed by atoms with van der Waals surface area (Å²) < 4.78 is 0. The first-order valence-electron chi connectivity index (χ1n) is 35.3. The van der Waals surface area contributed by atoms with E-state index in [4.69, 9.17) is 9.97 Å². The van der Waals surface area contributed by atoms with Gasteiger partial charge in [0.25, 0.3) is 0 Å². The van der Waals surface area contributed by atoms with Gasteiger partial charge in [-0.2, -0.15) is 0 Å². The smallest absolute Gasteiger partial charge is 0.0985 e. The van der Waals surface area contributed by atoms with Gasteiger partial charge in [0.05, 0.1) is 33.5 Å². The molecule has 11 aromatic rings. The zero-order valence-corrected chi connectivity index (χ0v) is 63.7. The molecular formula is C80H96N2S10. The van der Waals surface area contributed by atoms with Crippen molar-refractivity contribution >= 4 is 113 Å². The Morgan fingerprint density at radius 3 is 0.761 bits per heavy atom. The maximum absolute atomic E-state index is 5.32. The first-order valence-corrected chi connectivity index (χ1v) is 43.4. The number of hydrogen-bond acceptors (Lipinski definition) is 12. The van der Waals surface area contributed by atoms with Gasteiger partial charge in [0.1, 0.15) is 0 Å². The molecule has 0 aromatic carbocycles. The van der Waals surface area contributed by atoms with Crippen molar-refractivity contribution in [1.82, 2.24) is 9.97 Å². The fraction of sp³-hybridized carbons (Fsp3) is 0.450. The topological polar surface area (TPSA) is 25.8 Å². The summed E-state index contributed by atoms with van der Waals surface area (Å²) in [5, 5.41) is 0. The second-order valence-corrected chi connectivity index (χ2v) is 36.1. The molecule has 0 unspecified atom stereocenters. The van der Waals surface area contributed by atoms with Gasteiger partial charge in [-0.05, 0) is 196 Å². The molecule has 0 bridgehead atoms. The summed E-state index contributed by atoms with van der Waals surface area (Å²) in [5.74, 6) is 0. The van der Waals surface area contributed by atoms with E-state index >= 15 is 0 Å². The monoisotopic (exact) mass is 1400 g/mol. The molecule has 2 nitrogen and oxygen atoms in total. The van der Waals surface area contributed by atoms with Gasteiger partial charge in [0, 0.05) is 87.8 Å². The third-order valence-corrected chi connectivity index (χ3v) is 30.6. The highest BCUT2D eigenvalue weighted by molar-refractivity contribution is 7.31. The van der Waals surface area contributed by atoms with Crippen LogP contribution in [-0.4, -0.2) is 9.97 Å². The van der Waals surface area contributed by atoms with E-state index in [1.807, 2.05) is 113 Å². The van der Waals surface area contributed by atoms with E-state index < -0.39 is 0 Å². The average molecular weight is 1410 g/mol. The van der Waals surface area contributed by atoms with Gasteiger partial charge in [0.2, 0.25) is 0 Å². The largest absolute Gasteiger partial charge is 0.251 e. The third kappa shape index (κ3) is 18.4. The second-order valence-electron chi connectivity index (χ2n) is 25.2. The lowest BCUT2D eigenvalue weighted by Crippen LogP contribution is -1.87. The van der Waals surface area contributed by atoms with Crippen LogP contribution in [0.2, 0.25) is 0 Å². The molecule has 0 fully saturated rings. The minimum Gasteiger partial charge on any atom is -0.251 e. The van der Waals surface area contributed by atoms with E-state index in [0.29, 0.717) is 0 Å². The van der Waals surface area contributed by atoms with Crippen LogP contribution in [0, 0.1) is 0 Å². The highest BCUT2D eigenvalue weighted by atomic mass is 32.1. The van der Waals surface area contributed by atoms with E-state index in [2.05, 4.69) is 151 Å². The Labute approximate surface area is 592 Å². The molecule has 11 rings (SSSR count). The molecule has 0 amide bonds. The number of nitrogens with zero attached hydrogens (tertiary/aromatic N) is 2. The van der Waals surface area contributed by atoms with Crippen LogP contribution in [0.5, 0.6) is 0 Å². The zero-order chi connectivity index (χ0) is 63.4. The molecule has 11 heterocycles. The summed E-state index contributed by atoms with van der Waals surface area (Å²) in [4.78, 5) is 38.7. The summed E-state index contributed by atoms with van der Waals surface area (Å²) in [6.45, 7) is 13.9. The second kappa shape index (κ2) is 35.9. The molecule has 0 spiro atoms. The van der Waals surface area contributed by atoms with Gasteiger partial charge < -0.3 is 0 Å². The van der Waals surface area contributed by atoms with Crippen molar-refractivity contribution < 1.29 is 0 Å². The van der Waals surface area contributed by atoms with E-state index in [9.17, 15) is 0 Å². The van der Waals surface area contributed by atoms with Crippen molar-refractivity contribution in [2.45, 2.75) is 234 Å². The van der Waals surface area contributed by atoms with E-state index in [0.717, 1.165) is 37.1 Å². The molecule has 0 radical (unpaired) electrons. The quantitative estimate of drug-likeness (QED) is 0.0358. The molecule has 0 saturated carbocycles.